The second-order valence-electron chi connectivity index (χ2n) is 3.99. The summed E-state index contributed by atoms with van der Waals surface area (Å²) in [6.07, 6.45) is 3.14. The van der Waals surface area contributed by atoms with Gasteiger partial charge >= 0.3 is 5.82 Å². The zero-order chi connectivity index (χ0) is 13.7. The van der Waals surface area contributed by atoms with E-state index >= 15 is 0 Å². The molecule has 0 aliphatic heterocycles. The number of hydrogen-bond donors (Lipinski definition) is 0. The molecule has 100 valence electrons. The molecule has 0 radical (unpaired) electrons. The Morgan fingerprint density at radius 2 is 2.11 bits per heavy atom. The highest BCUT2D eigenvalue weighted by atomic mass is 35.5. The van der Waals surface area contributed by atoms with Gasteiger partial charge in [0.2, 0.25) is 11.5 Å². The molecule has 1 rings (SSSR count). The van der Waals surface area contributed by atoms with E-state index in [-0.39, 0.29) is 5.69 Å². The van der Waals surface area contributed by atoms with Crippen LogP contribution >= 0.6 is 11.6 Å². The molecule has 1 aromatic heterocycles. The van der Waals surface area contributed by atoms with E-state index in [1.54, 1.807) is 4.57 Å². The van der Waals surface area contributed by atoms with E-state index in [1.165, 1.54) is 0 Å². The van der Waals surface area contributed by atoms with Crippen LogP contribution in [-0.2, 0) is 13.0 Å². The van der Waals surface area contributed by atoms with Gasteiger partial charge in [0.25, 0.3) is 5.24 Å². The van der Waals surface area contributed by atoms with Crippen LogP contribution in [0, 0.1) is 10.1 Å². The Morgan fingerprint density at radius 1 is 1.44 bits per heavy atom. The summed E-state index contributed by atoms with van der Waals surface area (Å²) in [6, 6.07) is 0. The highest BCUT2D eigenvalue weighted by Crippen LogP contribution is 2.23. The normalized spacial score (nSPS) is 10.6. The lowest BCUT2D eigenvalue weighted by Crippen LogP contribution is -2.10. The van der Waals surface area contributed by atoms with Gasteiger partial charge in [-0.25, -0.2) is 0 Å². The van der Waals surface area contributed by atoms with Gasteiger partial charge < -0.3 is 10.1 Å². The standard InChI is InChI=1S/C11H16ClN3O3/c1-3-5-7-14-8(6-4-2)13-11(15(17)18)9(14)10(12)16/h3-7H2,1-2H3. The van der Waals surface area contributed by atoms with Crippen LogP contribution in [0.5, 0.6) is 0 Å². The molecular weight excluding hydrogens is 258 g/mol. The first-order valence-corrected chi connectivity index (χ1v) is 6.34. The molecule has 6 nitrogen and oxygen atoms in total. The smallest absolute Gasteiger partial charge is 0.358 e. The molecule has 0 fully saturated rings. The lowest BCUT2D eigenvalue weighted by Gasteiger charge is -2.05. The first-order valence-electron chi connectivity index (χ1n) is 5.96. The summed E-state index contributed by atoms with van der Waals surface area (Å²) in [5.41, 5.74) is -0.0985. The molecule has 0 saturated heterocycles. The molecular formula is C11H16ClN3O3. The van der Waals surface area contributed by atoms with Crippen molar-refractivity contribution >= 4 is 22.7 Å². The number of carbonyl (C=O) groups is 1. The van der Waals surface area contributed by atoms with E-state index in [9.17, 15) is 14.9 Å². The van der Waals surface area contributed by atoms with E-state index in [0.717, 1.165) is 19.3 Å². The van der Waals surface area contributed by atoms with E-state index < -0.39 is 16.0 Å². The number of aromatic nitrogens is 2. The van der Waals surface area contributed by atoms with Crippen LogP contribution < -0.4 is 0 Å². The number of rotatable bonds is 7. The third-order valence-corrected chi connectivity index (χ3v) is 2.78. The Bertz CT molecular complexity index is 457. The molecule has 7 heteroatoms. The molecule has 0 amide bonds. The number of carbonyl (C=O) groups excluding carboxylic acids is 1. The minimum Gasteiger partial charge on any atom is -0.358 e. The third kappa shape index (κ3) is 3.07. The average Bonchev–Trinajstić information content (AvgIpc) is 2.66. The second-order valence-corrected chi connectivity index (χ2v) is 4.33. The van der Waals surface area contributed by atoms with E-state index in [2.05, 4.69) is 4.98 Å². The number of hydrogen-bond acceptors (Lipinski definition) is 4. The van der Waals surface area contributed by atoms with Gasteiger partial charge in [0.05, 0.1) is 0 Å². The summed E-state index contributed by atoms with van der Waals surface area (Å²) >= 11 is 5.45. The molecule has 1 aromatic rings. The van der Waals surface area contributed by atoms with Crippen LogP contribution in [0.15, 0.2) is 0 Å². The van der Waals surface area contributed by atoms with Crippen LogP contribution in [0.25, 0.3) is 0 Å². The Morgan fingerprint density at radius 3 is 2.56 bits per heavy atom. The van der Waals surface area contributed by atoms with Crippen molar-refractivity contribution in [3.05, 3.63) is 21.6 Å². The van der Waals surface area contributed by atoms with Gasteiger partial charge in [-0.05, 0) is 34.3 Å². The fourth-order valence-electron chi connectivity index (χ4n) is 1.78. The summed E-state index contributed by atoms with van der Waals surface area (Å²) in [4.78, 5) is 25.5. The van der Waals surface area contributed by atoms with Crippen LogP contribution in [0.4, 0.5) is 5.82 Å². The summed E-state index contributed by atoms with van der Waals surface area (Å²) in [5, 5.41) is 10.1. The number of halogens is 1. The van der Waals surface area contributed by atoms with Crippen molar-refractivity contribution in [3.63, 3.8) is 0 Å². The predicted molar refractivity (Wildman–Crippen MR) is 68.0 cm³/mol. The van der Waals surface area contributed by atoms with Gasteiger partial charge in [-0.2, -0.15) is 0 Å². The molecule has 0 bridgehead atoms. The van der Waals surface area contributed by atoms with Gasteiger partial charge in [-0.3, -0.25) is 9.36 Å². The molecule has 0 saturated carbocycles. The SMILES string of the molecule is CCCCn1c(CCC)nc([N+](=O)[O-])c1C(=O)Cl. The highest BCUT2D eigenvalue weighted by molar-refractivity contribution is 6.67. The van der Waals surface area contributed by atoms with E-state index in [0.29, 0.717) is 18.8 Å². The Kier molecular flexibility index (Phi) is 5.27. The predicted octanol–water partition coefficient (Wildman–Crippen LogP) is 2.92. The zero-order valence-corrected chi connectivity index (χ0v) is 11.2. The lowest BCUT2D eigenvalue weighted by atomic mass is 10.3. The molecule has 0 aliphatic carbocycles. The monoisotopic (exact) mass is 273 g/mol. The number of imidazole rings is 1. The number of aryl methyl sites for hydroxylation is 1. The Hall–Kier alpha value is -1.43. The molecule has 0 aromatic carbocycles. The summed E-state index contributed by atoms with van der Waals surface area (Å²) in [5.74, 6) is 0.121. The van der Waals surface area contributed by atoms with Gasteiger partial charge in [-0.15, -0.1) is 0 Å². The maximum absolute atomic E-state index is 11.4. The topological polar surface area (TPSA) is 78.0 Å². The van der Waals surface area contributed by atoms with Crippen LogP contribution in [0.3, 0.4) is 0 Å². The van der Waals surface area contributed by atoms with Gasteiger partial charge in [-0.1, -0.05) is 20.3 Å². The second kappa shape index (κ2) is 6.49. The molecule has 1 heterocycles. The third-order valence-electron chi connectivity index (χ3n) is 2.60. The number of unbranched alkanes of at least 4 members (excludes halogenated alkanes) is 1. The van der Waals surface area contributed by atoms with Crippen LogP contribution in [0.1, 0.15) is 49.4 Å². The molecule has 0 N–H and O–H groups in total. The highest BCUT2D eigenvalue weighted by Gasteiger charge is 2.30. The first-order chi connectivity index (χ1) is 8.52. The number of nitro groups is 1. The lowest BCUT2D eigenvalue weighted by molar-refractivity contribution is -0.389. The summed E-state index contributed by atoms with van der Waals surface area (Å²) in [7, 11) is 0. The molecule has 18 heavy (non-hydrogen) atoms. The Labute approximate surface area is 110 Å². The first kappa shape index (κ1) is 14.6. The van der Waals surface area contributed by atoms with E-state index in [4.69, 9.17) is 11.6 Å². The maximum Gasteiger partial charge on any atom is 0.394 e. The molecule has 0 spiro atoms. The molecule has 0 atom stereocenters. The minimum atomic E-state index is -0.826. The van der Waals surface area contributed by atoms with Crippen LogP contribution in [-0.4, -0.2) is 19.7 Å². The van der Waals surface area contributed by atoms with Crippen molar-refractivity contribution in [1.82, 2.24) is 9.55 Å². The van der Waals surface area contributed by atoms with Crippen molar-refractivity contribution < 1.29 is 9.72 Å². The molecule has 0 aliphatic rings. The summed E-state index contributed by atoms with van der Waals surface area (Å²) < 4.78 is 1.58. The fourth-order valence-corrected chi connectivity index (χ4v) is 1.96. The molecule has 0 unspecified atom stereocenters. The van der Waals surface area contributed by atoms with Crippen molar-refractivity contribution in [2.24, 2.45) is 0 Å². The van der Waals surface area contributed by atoms with Gasteiger partial charge in [0, 0.05) is 13.0 Å². The maximum atomic E-state index is 11.4. The Balaban J connectivity index is 3.30. The number of nitrogens with zero attached hydrogens (tertiary/aromatic N) is 3. The van der Waals surface area contributed by atoms with Crippen molar-refractivity contribution in [2.75, 3.05) is 0 Å². The fraction of sp³-hybridized carbons (Fsp3) is 0.636. The van der Waals surface area contributed by atoms with Crippen molar-refractivity contribution in [3.8, 4) is 0 Å². The largest absolute Gasteiger partial charge is 0.394 e. The summed E-state index contributed by atoms with van der Waals surface area (Å²) in [6.45, 7) is 4.49. The van der Waals surface area contributed by atoms with E-state index in [1.807, 2.05) is 13.8 Å². The van der Waals surface area contributed by atoms with Crippen LogP contribution in [0.2, 0.25) is 0 Å². The van der Waals surface area contributed by atoms with Crippen molar-refractivity contribution in [2.45, 2.75) is 46.1 Å². The zero-order valence-electron chi connectivity index (χ0n) is 10.5. The quantitative estimate of drug-likeness (QED) is 0.435. The minimum absolute atomic E-state index is 0.0985. The average molecular weight is 274 g/mol. The van der Waals surface area contributed by atoms with Gasteiger partial charge in [0.1, 0.15) is 0 Å². The van der Waals surface area contributed by atoms with Crippen molar-refractivity contribution in [1.29, 1.82) is 0 Å². The van der Waals surface area contributed by atoms with Gasteiger partial charge in [0.15, 0.2) is 0 Å².